The third-order valence-electron chi connectivity index (χ3n) is 5.93. The predicted molar refractivity (Wildman–Crippen MR) is 145 cm³/mol. The molecule has 0 bridgehead atoms. The summed E-state index contributed by atoms with van der Waals surface area (Å²) < 4.78 is 9.89. The molecule has 33 heavy (non-hydrogen) atoms. The lowest BCUT2D eigenvalue weighted by Gasteiger charge is -2.04. The molecule has 0 spiro atoms. The first kappa shape index (κ1) is 19.1. The molecule has 5 heteroatoms. The number of fused-ring (bicyclic) bond motifs is 3. The van der Waals surface area contributed by atoms with Crippen LogP contribution in [-0.2, 0) is 0 Å². The third-order valence-corrected chi connectivity index (χ3v) is 9.81. The minimum atomic E-state index is 1.19. The monoisotopic (exact) mass is 478 g/mol. The van der Waals surface area contributed by atoms with Crippen molar-refractivity contribution < 1.29 is 0 Å². The molecule has 0 aliphatic heterocycles. The Bertz CT molecular complexity index is 1550. The van der Waals surface area contributed by atoms with E-state index in [1.165, 1.54) is 51.1 Å². The van der Waals surface area contributed by atoms with Crippen molar-refractivity contribution in [3.05, 3.63) is 110 Å². The molecule has 0 saturated carbocycles. The van der Waals surface area contributed by atoms with E-state index in [9.17, 15) is 0 Å². The first-order valence-corrected chi connectivity index (χ1v) is 13.2. The molecule has 0 unspecified atom stereocenters. The van der Waals surface area contributed by atoms with Gasteiger partial charge in [-0.05, 0) is 71.8 Å². The van der Waals surface area contributed by atoms with E-state index in [0.29, 0.717) is 0 Å². The van der Waals surface area contributed by atoms with Crippen molar-refractivity contribution in [2.75, 3.05) is 0 Å². The van der Waals surface area contributed by atoms with Gasteiger partial charge in [0.05, 0.1) is 9.40 Å². The Morgan fingerprint density at radius 3 is 1.24 bits per heavy atom. The quantitative estimate of drug-likeness (QED) is 0.239. The Morgan fingerprint density at radius 1 is 0.455 bits per heavy atom. The predicted octanol–water partition coefficient (Wildman–Crippen LogP) is 9.09. The van der Waals surface area contributed by atoms with Crippen LogP contribution < -0.4 is 0 Å². The first-order valence-electron chi connectivity index (χ1n) is 10.8. The van der Waals surface area contributed by atoms with E-state index >= 15 is 0 Å². The molecular formula is C28H18N2S3. The SMILES string of the molecule is c1ccn(-c2ccc(-c3cc4sc5cc(-c6ccc(-n7cccc7)cc6)sc5c4s3)cc2)c1. The highest BCUT2D eigenvalue weighted by molar-refractivity contribution is 7.40. The van der Waals surface area contributed by atoms with Gasteiger partial charge in [0.25, 0.3) is 0 Å². The number of nitrogens with zero attached hydrogens (tertiary/aromatic N) is 2. The highest BCUT2D eigenvalue weighted by atomic mass is 32.1. The molecule has 158 valence electrons. The molecule has 0 N–H and O–H groups in total. The van der Waals surface area contributed by atoms with Crippen molar-refractivity contribution in [2.24, 2.45) is 0 Å². The minimum absolute atomic E-state index is 1.19. The standard InChI is InChI=1S/C28H18N2S3/c1-2-14-29(13-1)21-9-5-19(6-10-21)23-17-25-27(32-23)28-26(31-25)18-24(33-28)20-7-11-22(12-8-20)30-15-3-4-16-30/h1-18H. The van der Waals surface area contributed by atoms with Crippen molar-refractivity contribution in [3.8, 4) is 32.3 Å². The Balaban J connectivity index is 1.22. The number of hydrogen-bond acceptors (Lipinski definition) is 3. The lowest BCUT2D eigenvalue weighted by molar-refractivity contribution is 1.08. The van der Waals surface area contributed by atoms with E-state index in [1.807, 2.05) is 34.0 Å². The van der Waals surface area contributed by atoms with Crippen molar-refractivity contribution in [3.63, 3.8) is 0 Å². The molecular weight excluding hydrogens is 461 g/mol. The fraction of sp³-hybridized carbons (Fsp3) is 0. The Labute approximate surface area is 203 Å². The lowest BCUT2D eigenvalue weighted by atomic mass is 10.1. The summed E-state index contributed by atoms with van der Waals surface area (Å²) in [7, 11) is 0. The highest BCUT2D eigenvalue weighted by Crippen LogP contribution is 2.48. The number of hydrogen-bond donors (Lipinski definition) is 0. The van der Waals surface area contributed by atoms with Gasteiger partial charge in [-0.25, -0.2) is 0 Å². The maximum absolute atomic E-state index is 2.35. The molecule has 0 aliphatic carbocycles. The summed E-state index contributed by atoms with van der Waals surface area (Å²) in [5.41, 5.74) is 4.94. The summed E-state index contributed by atoms with van der Waals surface area (Å²) in [5.74, 6) is 0. The Morgan fingerprint density at radius 2 is 0.848 bits per heavy atom. The van der Waals surface area contributed by atoms with Crippen LogP contribution in [0.25, 0.3) is 51.1 Å². The lowest BCUT2D eigenvalue weighted by Crippen LogP contribution is -1.88. The van der Waals surface area contributed by atoms with E-state index in [1.54, 1.807) is 0 Å². The number of thiophene rings is 3. The Kier molecular flexibility index (Phi) is 4.40. The average molecular weight is 479 g/mol. The van der Waals surface area contributed by atoms with Gasteiger partial charge < -0.3 is 9.13 Å². The van der Waals surface area contributed by atoms with Crippen molar-refractivity contribution in [2.45, 2.75) is 0 Å². The van der Waals surface area contributed by atoms with Crippen LogP contribution in [0.1, 0.15) is 0 Å². The second-order valence-electron chi connectivity index (χ2n) is 7.98. The van der Waals surface area contributed by atoms with E-state index in [-0.39, 0.29) is 0 Å². The normalized spacial score (nSPS) is 11.6. The summed E-state index contributed by atoms with van der Waals surface area (Å²) in [5, 5.41) is 0. The highest BCUT2D eigenvalue weighted by Gasteiger charge is 2.15. The van der Waals surface area contributed by atoms with Gasteiger partial charge in [0.15, 0.2) is 0 Å². The van der Waals surface area contributed by atoms with Crippen molar-refractivity contribution in [1.82, 2.24) is 9.13 Å². The van der Waals surface area contributed by atoms with E-state index in [4.69, 9.17) is 0 Å². The molecule has 2 nitrogen and oxygen atoms in total. The molecule has 7 rings (SSSR count). The fourth-order valence-corrected chi connectivity index (χ4v) is 8.26. The van der Waals surface area contributed by atoms with Gasteiger partial charge in [-0.2, -0.15) is 0 Å². The van der Waals surface area contributed by atoms with Crippen LogP contribution in [0.15, 0.2) is 110 Å². The van der Waals surface area contributed by atoms with Crippen LogP contribution in [0.2, 0.25) is 0 Å². The second-order valence-corrected chi connectivity index (χ2v) is 11.2. The molecule has 5 aromatic heterocycles. The molecule has 2 aromatic carbocycles. The zero-order chi connectivity index (χ0) is 21.8. The molecule has 0 radical (unpaired) electrons. The summed E-state index contributed by atoms with van der Waals surface area (Å²) >= 11 is 5.73. The van der Waals surface area contributed by atoms with Crippen molar-refractivity contribution in [1.29, 1.82) is 0 Å². The zero-order valence-electron chi connectivity index (χ0n) is 17.5. The molecule has 0 aliphatic rings. The molecule has 0 fully saturated rings. The summed E-state index contributed by atoms with van der Waals surface area (Å²) in [4.78, 5) is 2.67. The number of aromatic nitrogens is 2. The Hall–Kier alpha value is -3.38. The molecule has 0 amide bonds. The van der Waals surface area contributed by atoms with Crippen molar-refractivity contribution >= 4 is 52.8 Å². The van der Waals surface area contributed by atoms with Crippen LogP contribution in [0.3, 0.4) is 0 Å². The minimum Gasteiger partial charge on any atom is -0.324 e. The maximum Gasteiger partial charge on any atom is 0.0636 e. The summed E-state index contributed by atoms with van der Waals surface area (Å²) in [6.45, 7) is 0. The summed E-state index contributed by atoms with van der Waals surface area (Å²) in [6.07, 6.45) is 8.31. The van der Waals surface area contributed by atoms with Gasteiger partial charge >= 0.3 is 0 Å². The first-order chi connectivity index (χ1) is 16.3. The van der Waals surface area contributed by atoms with Gasteiger partial charge in [-0.3, -0.25) is 0 Å². The van der Waals surface area contributed by atoms with Gasteiger partial charge in [-0.15, -0.1) is 34.0 Å². The van der Waals surface area contributed by atoms with Gasteiger partial charge in [0.2, 0.25) is 0 Å². The van der Waals surface area contributed by atoms with Crippen LogP contribution >= 0.6 is 34.0 Å². The largest absolute Gasteiger partial charge is 0.324 e. The molecule has 7 aromatic rings. The maximum atomic E-state index is 2.35. The number of rotatable bonds is 4. The van der Waals surface area contributed by atoms with E-state index < -0.39 is 0 Å². The van der Waals surface area contributed by atoms with Gasteiger partial charge in [-0.1, -0.05) is 24.3 Å². The zero-order valence-corrected chi connectivity index (χ0v) is 20.0. The number of benzene rings is 2. The topological polar surface area (TPSA) is 9.86 Å². The summed E-state index contributed by atoms with van der Waals surface area (Å²) in [6, 6.07) is 30.6. The van der Waals surface area contributed by atoms with E-state index in [2.05, 4.69) is 119 Å². The average Bonchev–Trinajstić information content (AvgIpc) is 3.66. The van der Waals surface area contributed by atoms with Crippen LogP contribution in [0.5, 0.6) is 0 Å². The fourth-order valence-electron chi connectivity index (χ4n) is 4.23. The second kappa shape index (κ2) is 7.59. The van der Waals surface area contributed by atoms with Gasteiger partial charge in [0.1, 0.15) is 0 Å². The molecule has 5 heterocycles. The van der Waals surface area contributed by atoms with Crippen LogP contribution in [0, 0.1) is 0 Å². The smallest absolute Gasteiger partial charge is 0.0636 e. The molecule has 0 atom stereocenters. The van der Waals surface area contributed by atoms with Crippen LogP contribution in [0.4, 0.5) is 0 Å². The van der Waals surface area contributed by atoms with E-state index in [0.717, 1.165) is 0 Å². The third kappa shape index (κ3) is 3.28. The van der Waals surface area contributed by atoms with Gasteiger partial charge in [0, 0.05) is 55.3 Å². The van der Waals surface area contributed by atoms with Crippen LogP contribution in [-0.4, -0.2) is 9.13 Å². The molecule has 0 saturated heterocycles.